The second-order valence-corrected chi connectivity index (χ2v) is 8.49. The first-order chi connectivity index (χ1) is 13.1. The Kier molecular flexibility index (Phi) is 4.13. The molecule has 0 unspecified atom stereocenters. The maximum Gasteiger partial charge on any atom is 0.253 e. The number of amides is 2. The Morgan fingerprint density at radius 2 is 1.48 bits per heavy atom. The minimum Gasteiger partial charge on any atom is -0.274 e. The zero-order valence-corrected chi connectivity index (χ0v) is 16.7. The summed E-state index contributed by atoms with van der Waals surface area (Å²) in [7, 11) is 0. The number of hydrogen-bond donors (Lipinski definition) is 0. The van der Waals surface area contributed by atoms with Gasteiger partial charge in [0.1, 0.15) is 6.04 Å². The topological polar surface area (TPSA) is 43.9 Å². The van der Waals surface area contributed by atoms with Gasteiger partial charge in [0.05, 0.1) is 17.6 Å². The van der Waals surface area contributed by atoms with Crippen LogP contribution in [0.2, 0.25) is 5.02 Å². The number of imide groups is 1. The molecule has 0 aliphatic carbocycles. The molecule has 27 heavy (non-hydrogen) atoms. The van der Waals surface area contributed by atoms with E-state index in [4.69, 9.17) is 11.6 Å². The van der Waals surface area contributed by atoms with E-state index in [1.54, 1.807) is 12.1 Å². The predicted octanol–water partition coefficient (Wildman–Crippen LogP) is 3.64. The Labute approximate surface area is 170 Å². The van der Waals surface area contributed by atoms with Crippen LogP contribution in [0.4, 0.5) is 5.69 Å². The molecule has 3 heterocycles. The molecule has 2 aromatic rings. The van der Waals surface area contributed by atoms with E-state index < -0.39 is 12.0 Å². The zero-order valence-electron chi connectivity index (χ0n) is 14.4. The fourth-order valence-corrected chi connectivity index (χ4v) is 5.01. The summed E-state index contributed by atoms with van der Waals surface area (Å²) in [6, 6.07) is 14.4. The smallest absolute Gasteiger partial charge is 0.253 e. The fourth-order valence-electron chi connectivity index (χ4n) is 4.62. The number of anilines is 1. The van der Waals surface area contributed by atoms with E-state index in [2.05, 4.69) is 25.9 Å². The van der Waals surface area contributed by atoms with Crippen molar-refractivity contribution in [3.63, 3.8) is 0 Å². The van der Waals surface area contributed by atoms with Gasteiger partial charge < -0.3 is 0 Å². The Balaban J connectivity index is 1.57. The van der Waals surface area contributed by atoms with Crippen LogP contribution < -0.4 is 4.90 Å². The van der Waals surface area contributed by atoms with Gasteiger partial charge in [0.25, 0.3) is 5.91 Å². The highest BCUT2D eigenvalue weighted by Gasteiger charge is 2.62. The summed E-state index contributed by atoms with van der Waals surface area (Å²) < 4.78 is 0.912. The van der Waals surface area contributed by atoms with E-state index in [1.165, 1.54) is 4.90 Å². The Bertz CT molecular complexity index is 918. The van der Waals surface area contributed by atoms with Crippen LogP contribution in [0.3, 0.4) is 0 Å². The lowest BCUT2D eigenvalue weighted by Crippen LogP contribution is -2.44. The molecule has 3 aliphatic rings. The molecule has 5 nitrogen and oxygen atoms in total. The summed E-state index contributed by atoms with van der Waals surface area (Å²) in [5, 5.41) is 4.97. The van der Waals surface area contributed by atoms with Crippen molar-refractivity contribution in [2.75, 3.05) is 18.0 Å². The zero-order chi connectivity index (χ0) is 18.7. The Morgan fingerprint density at radius 1 is 0.852 bits per heavy atom. The molecule has 0 spiro atoms. The van der Waals surface area contributed by atoms with Crippen molar-refractivity contribution in [2.24, 2.45) is 5.92 Å². The van der Waals surface area contributed by atoms with Crippen LogP contribution in [0.15, 0.2) is 53.0 Å². The molecule has 5 rings (SSSR count). The number of fused-ring (bicyclic) bond motifs is 3. The second kappa shape index (κ2) is 6.41. The summed E-state index contributed by atoms with van der Waals surface area (Å²) in [6.45, 7) is 1.66. The number of carbonyl (C=O) groups excluding carboxylic acids is 2. The maximum atomic E-state index is 13.4. The average molecular weight is 447 g/mol. The SMILES string of the molecule is O=C1[C@@H]2[C@@H](C(=O)N1c1ccc(Br)cc1)N1CCCN1[C@@H]2c1ccc(Cl)cc1. The summed E-state index contributed by atoms with van der Waals surface area (Å²) in [5.74, 6) is -0.653. The minimum atomic E-state index is -0.427. The first-order valence-corrected chi connectivity index (χ1v) is 10.2. The van der Waals surface area contributed by atoms with Crippen LogP contribution in [0.25, 0.3) is 0 Å². The van der Waals surface area contributed by atoms with Crippen molar-refractivity contribution in [3.05, 3.63) is 63.6 Å². The van der Waals surface area contributed by atoms with Gasteiger partial charge in [0.15, 0.2) is 0 Å². The monoisotopic (exact) mass is 445 g/mol. The van der Waals surface area contributed by atoms with Crippen molar-refractivity contribution in [3.8, 4) is 0 Å². The molecular formula is C20H17BrClN3O2. The second-order valence-electron chi connectivity index (χ2n) is 7.14. The van der Waals surface area contributed by atoms with Crippen molar-refractivity contribution in [1.82, 2.24) is 10.0 Å². The van der Waals surface area contributed by atoms with E-state index >= 15 is 0 Å². The molecule has 0 aromatic heterocycles. The van der Waals surface area contributed by atoms with Crippen LogP contribution in [0.5, 0.6) is 0 Å². The first-order valence-electron chi connectivity index (χ1n) is 8.98. The van der Waals surface area contributed by atoms with Gasteiger partial charge in [0.2, 0.25) is 5.91 Å². The van der Waals surface area contributed by atoms with Gasteiger partial charge >= 0.3 is 0 Å². The van der Waals surface area contributed by atoms with Gasteiger partial charge in [-0.1, -0.05) is 39.7 Å². The third-order valence-corrected chi connectivity index (χ3v) is 6.48. The van der Waals surface area contributed by atoms with E-state index in [9.17, 15) is 9.59 Å². The molecule has 3 fully saturated rings. The number of benzene rings is 2. The lowest BCUT2D eigenvalue weighted by atomic mass is 9.90. The predicted molar refractivity (Wildman–Crippen MR) is 106 cm³/mol. The molecule has 2 aromatic carbocycles. The lowest BCUT2D eigenvalue weighted by Gasteiger charge is -2.29. The maximum absolute atomic E-state index is 13.4. The van der Waals surface area contributed by atoms with Crippen LogP contribution in [0, 0.1) is 5.92 Å². The summed E-state index contributed by atoms with van der Waals surface area (Å²) in [4.78, 5) is 28.0. The number of hydrogen-bond acceptors (Lipinski definition) is 4. The molecule has 3 saturated heterocycles. The largest absolute Gasteiger partial charge is 0.274 e. The van der Waals surface area contributed by atoms with Gasteiger partial charge in [-0.25, -0.2) is 14.9 Å². The van der Waals surface area contributed by atoms with Crippen LogP contribution in [0.1, 0.15) is 18.0 Å². The van der Waals surface area contributed by atoms with Crippen molar-refractivity contribution in [2.45, 2.75) is 18.5 Å². The molecule has 7 heteroatoms. The lowest BCUT2D eigenvalue weighted by molar-refractivity contribution is -0.126. The third-order valence-electron chi connectivity index (χ3n) is 5.70. The van der Waals surface area contributed by atoms with E-state index in [-0.39, 0.29) is 17.9 Å². The van der Waals surface area contributed by atoms with Gasteiger partial charge in [-0.05, 0) is 48.4 Å². The number of nitrogens with zero attached hydrogens (tertiary/aromatic N) is 3. The van der Waals surface area contributed by atoms with Crippen molar-refractivity contribution >= 4 is 45.0 Å². The minimum absolute atomic E-state index is 0.123. The molecule has 138 valence electrons. The Hall–Kier alpha value is -1.73. The highest BCUT2D eigenvalue weighted by molar-refractivity contribution is 9.10. The van der Waals surface area contributed by atoms with Gasteiger partial charge in [-0.15, -0.1) is 0 Å². The normalized spacial score (nSPS) is 28.1. The van der Waals surface area contributed by atoms with Crippen molar-refractivity contribution in [1.29, 1.82) is 0 Å². The molecule has 0 saturated carbocycles. The van der Waals surface area contributed by atoms with Crippen molar-refractivity contribution < 1.29 is 9.59 Å². The van der Waals surface area contributed by atoms with Crippen LogP contribution in [-0.2, 0) is 9.59 Å². The number of carbonyl (C=O) groups is 2. The average Bonchev–Trinajstić information content (AvgIpc) is 3.30. The number of hydrazine groups is 1. The highest BCUT2D eigenvalue weighted by atomic mass is 79.9. The van der Waals surface area contributed by atoms with Crippen LogP contribution >= 0.6 is 27.5 Å². The molecule has 0 N–H and O–H groups in total. The van der Waals surface area contributed by atoms with Gasteiger partial charge in [-0.2, -0.15) is 0 Å². The molecule has 3 aliphatic heterocycles. The summed E-state index contributed by atoms with van der Waals surface area (Å²) in [6.07, 6.45) is 0.993. The number of rotatable bonds is 2. The van der Waals surface area contributed by atoms with Gasteiger partial charge in [0, 0.05) is 22.6 Å². The first kappa shape index (κ1) is 17.4. The molecule has 0 radical (unpaired) electrons. The standard InChI is InChI=1S/C20H17BrClN3O2/c21-13-4-8-15(9-5-13)25-19(26)16-17(12-2-6-14(22)7-3-12)23-10-1-11-24(23)18(16)20(25)27/h2-9,16-18H,1,10-11H2/t16-,17+,18-/m0/s1. The molecular weight excluding hydrogens is 430 g/mol. The fraction of sp³-hybridized carbons (Fsp3) is 0.300. The molecule has 3 atom stereocenters. The van der Waals surface area contributed by atoms with Crippen LogP contribution in [-0.4, -0.2) is 41.0 Å². The molecule has 2 amide bonds. The number of halogens is 2. The quantitative estimate of drug-likeness (QED) is 0.661. The Morgan fingerprint density at radius 3 is 2.15 bits per heavy atom. The van der Waals surface area contributed by atoms with E-state index in [0.717, 1.165) is 29.5 Å². The third kappa shape index (κ3) is 2.58. The molecule has 0 bridgehead atoms. The highest BCUT2D eigenvalue weighted by Crippen LogP contribution is 2.49. The summed E-state index contributed by atoms with van der Waals surface area (Å²) >= 11 is 9.45. The summed E-state index contributed by atoms with van der Waals surface area (Å²) in [5.41, 5.74) is 1.65. The van der Waals surface area contributed by atoms with E-state index in [1.807, 2.05) is 36.4 Å². The van der Waals surface area contributed by atoms with E-state index in [0.29, 0.717) is 10.7 Å². The van der Waals surface area contributed by atoms with Gasteiger partial charge in [-0.3, -0.25) is 9.59 Å².